The van der Waals surface area contributed by atoms with Crippen LogP contribution >= 0.6 is 0 Å². The average molecular weight is 155 g/mol. The molecule has 1 saturated heterocycles. The van der Waals surface area contributed by atoms with Gasteiger partial charge >= 0.3 is 6.09 Å². The SMILES string of the molecule is CN1C[C@H]2CCC[C@@H]2OC1=O. The maximum Gasteiger partial charge on any atom is 0.409 e. The quantitative estimate of drug-likeness (QED) is 0.526. The zero-order valence-corrected chi connectivity index (χ0v) is 6.75. The number of carbonyl (C=O) groups excluding carboxylic acids is 1. The Hall–Kier alpha value is -0.730. The third-order valence-corrected chi connectivity index (χ3v) is 2.66. The summed E-state index contributed by atoms with van der Waals surface area (Å²) >= 11 is 0. The van der Waals surface area contributed by atoms with Crippen LogP contribution in [0.3, 0.4) is 0 Å². The fourth-order valence-electron chi connectivity index (χ4n) is 2.01. The topological polar surface area (TPSA) is 29.5 Å². The molecule has 62 valence electrons. The number of nitrogens with zero attached hydrogens (tertiary/aromatic N) is 1. The zero-order valence-electron chi connectivity index (χ0n) is 6.75. The van der Waals surface area contributed by atoms with Crippen LogP contribution in [0.15, 0.2) is 0 Å². The van der Waals surface area contributed by atoms with Crippen LogP contribution in [0.4, 0.5) is 4.79 Å². The van der Waals surface area contributed by atoms with E-state index in [0.717, 1.165) is 13.0 Å². The van der Waals surface area contributed by atoms with Crippen molar-refractivity contribution >= 4 is 6.09 Å². The second-order valence-corrected chi connectivity index (χ2v) is 3.49. The first-order chi connectivity index (χ1) is 5.27. The number of hydrogen-bond donors (Lipinski definition) is 0. The number of hydrogen-bond acceptors (Lipinski definition) is 2. The maximum absolute atomic E-state index is 11.0. The summed E-state index contributed by atoms with van der Waals surface area (Å²) in [6.45, 7) is 0.892. The molecule has 1 aliphatic carbocycles. The molecule has 0 aromatic heterocycles. The molecule has 0 aromatic carbocycles. The van der Waals surface area contributed by atoms with Crippen LogP contribution in [0.2, 0.25) is 0 Å². The molecule has 3 nitrogen and oxygen atoms in total. The van der Waals surface area contributed by atoms with Gasteiger partial charge in [0.15, 0.2) is 0 Å². The maximum atomic E-state index is 11.0. The average Bonchev–Trinajstić information content (AvgIpc) is 2.36. The molecule has 0 N–H and O–H groups in total. The Kier molecular flexibility index (Phi) is 1.51. The van der Waals surface area contributed by atoms with Crippen molar-refractivity contribution in [2.45, 2.75) is 25.4 Å². The van der Waals surface area contributed by atoms with Gasteiger partial charge in [-0.3, -0.25) is 0 Å². The highest BCUT2D eigenvalue weighted by Gasteiger charge is 2.36. The van der Waals surface area contributed by atoms with Crippen LogP contribution in [0, 0.1) is 5.92 Å². The lowest BCUT2D eigenvalue weighted by molar-refractivity contribution is 0.0100. The number of fused-ring (bicyclic) bond motifs is 1. The molecular formula is C8H13NO2. The highest BCUT2D eigenvalue weighted by Crippen LogP contribution is 2.32. The van der Waals surface area contributed by atoms with Crippen molar-refractivity contribution < 1.29 is 9.53 Å². The van der Waals surface area contributed by atoms with Crippen LogP contribution in [-0.2, 0) is 4.74 Å². The summed E-state index contributed by atoms with van der Waals surface area (Å²) in [5.41, 5.74) is 0. The van der Waals surface area contributed by atoms with Gasteiger partial charge in [0.25, 0.3) is 0 Å². The van der Waals surface area contributed by atoms with Crippen molar-refractivity contribution in [2.24, 2.45) is 5.92 Å². The first kappa shape index (κ1) is 6.95. The summed E-state index contributed by atoms with van der Waals surface area (Å²) in [6, 6.07) is 0. The first-order valence-corrected chi connectivity index (χ1v) is 4.19. The van der Waals surface area contributed by atoms with Gasteiger partial charge in [-0.1, -0.05) is 0 Å². The number of amides is 1. The summed E-state index contributed by atoms with van der Waals surface area (Å²) in [7, 11) is 1.80. The van der Waals surface area contributed by atoms with Gasteiger partial charge in [0.1, 0.15) is 6.10 Å². The van der Waals surface area contributed by atoms with E-state index in [9.17, 15) is 4.79 Å². The van der Waals surface area contributed by atoms with Gasteiger partial charge < -0.3 is 9.64 Å². The normalized spacial score (nSPS) is 36.8. The molecule has 3 heteroatoms. The molecule has 0 aromatic rings. The van der Waals surface area contributed by atoms with Gasteiger partial charge in [0.05, 0.1) is 0 Å². The highest BCUT2D eigenvalue weighted by atomic mass is 16.6. The molecule has 2 fully saturated rings. The third kappa shape index (κ3) is 1.08. The smallest absolute Gasteiger partial charge is 0.409 e. The van der Waals surface area contributed by atoms with Crippen molar-refractivity contribution in [2.75, 3.05) is 13.6 Å². The molecule has 0 unspecified atom stereocenters. The molecule has 2 aliphatic rings. The predicted octanol–water partition coefficient (Wildman–Crippen LogP) is 1.24. The number of ether oxygens (including phenoxy) is 1. The summed E-state index contributed by atoms with van der Waals surface area (Å²) in [5.74, 6) is 0.609. The van der Waals surface area contributed by atoms with Crippen molar-refractivity contribution in [3.63, 3.8) is 0 Å². The molecule has 1 saturated carbocycles. The van der Waals surface area contributed by atoms with Crippen molar-refractivity contribution in [1.82, 2.24) is 4.90 Å². The van der Waals surface area contributed by atoms with E-state index in [1.54, 1.807) is 11.9 Å². The van der Waals surface area contributed by atoms with Gasteiger partial charge in [0, 0.05) is 19.5 Å². The van der Waals surface area contributed by atoms with E-state index in [2.05, 4.69) is 0 Å². The minimum atomic E-state index is -0.145. The Balaban J connectivity index is 2.06. The number of rotatable bonds is 0. The lowest BCUT2D eigenvalue weighted by atomic mass is 10.0. The van der Waals surface area contributed by atoms with Crippen LogP contribution in [0.25, 0.3) is 0 Å². The van der Waals surface area contributed by atoms with Gasteiger partial charge in [-0.2, -0.15) is 0 Å². The van der Waals surface area contributed by atoms with E-state index in [4.69, 9.17) is 4.74 Å². The summed E-state index contributed by atoms with van der Waals surface area (Å²) < 4.78 is 5.21. The molecule has 0 radical (unpaired) electrons. The van der Waals surface area contributed by atoms with Crippen LogP contribution < -0.4 is 0 Å². The molecule has 1 heterocycles. The molecule has 11 heavy (non-hydrogen) atoms. The van der Waals surface area contributed by atoms with E-state index in [0.29, 0.717) is 5.92 Å². The zero-order chi connectivity index (χ0) is 7.84. The molecule has 2 rings (SSSR count). The Bertz CT molecular complexity index is 181. The molecule has 2 atom stereocenters. The van der Waals surface area contributed by atoms with Crippen LogP contribution in [0.5, 0.6) is 0 Å². The van der Waals surface area contributed by atoms with Crippen LogP contribution in [-0.4, -0.2) is 30.7 Å². The monoisotopic (exact) mass is 155 g/mol. The predicted molar refractivity (Wildman–Crippen MR) is 40.2 cm³/mol. The first-order valence-electron chi connectivity index (χ1n) is 4.19. The van der Waals surface area contributed by atoms with Crippen molar-refractivity contribution in [3.05, 3.63) is 0 Å². The van der Waals surface area contributed by atoms with E-state index < -0.39 is 0 Å². The second-order valence-electron chi connectivity index (χ2n) is 3.49. The Labute approximate surface area is 66.3 Å². The van der Waals surface area contributed by atoms with Gasteiger partial charge in [0.2, 0.25) is 0 Å². The Morgan fingerprint density at radius 3 is 3.18 bits per heavy atom. The van der Waals surface area contributed by atoms with Gasteiger partial charge in [-0.25, -0.2) is 4.79 Å². The minimum Gasteiger partial charge on any atom is -0.446 e. The van der Waals surface area contributed by atoms with Gasteiger partial charge in [-0.05, 0) is 19.3 Å². The third-order valence-electron chi connectivity index (χ3n) is 2.66. The lowest BCUT2D eigenvalue weighted by Gasteiger charge is -2.31. The fraction of sp³-hybridized carbons (Fsp3) is 0.875. The largest absolute Gasteiger partial charge is 0.446 e. The standard InChI is InChI=1S/C8H13NO2/c1-9-5-6-3-2-4-7(6)11-8(9)10/h6-7H,2-5H2,1H3/t6-,7+/m1/s1. The summed E-state index contributed by atoms with van der Waals surface area (Å²) in [5, 5.41) is 0. The van der Waals surface area contributed by atoms with Gasteiger partial charge in [-0.15, -0.1) is 0 Å². The highest BCUT2D eigenvalue weighted by molar-refractivity contribution is 5.68. The van der Waals surface area contributed by atoms with E-state index in [1.165, 1.54) is 12.8 Å². The molecule has 1 amide bonds. The minimum absolute atomic E-state index is 0.145. The summed E-state index contributed by atoms with van der Waals surface area (Å²) in [4.78, 5) is 12.7. The Morgan fingerprint density at radius 2 is 2.36 bits per heavy atom. The molecule has 1 aliphatic heterocycles. The van der Waals surface area contributed by atoms with E-state index in [-0.39, 0.29) is 12.2 Å². The van der Waals surface area contributed by atoms with E-state index >= 15 is 0 Å². The fourth-order valence-corrected chi connectivity index (χ4v) is 2.01. The molecule has 0 spiro atoms. The summed E-state index contributed by atoms with van der Waals surface area (Å²) in [6.07, 6.45) is 3.61. The molecular weight excluding hydrogens is 142 g/mol. The second kappa shape index (κ2) is 2.40. The lowest BCUT2D eigenvalue weighted by Crippen LogP contribution is -2.43. The van der Waals surface area contributed by atoms with E-state index in [1.807, 2.05) is 0 Å². The van der Waals surface area contributed by atoms with Crippen molar-refractivity contribution in [3.8, 4) is 0 Å². The Morgan fingerprint density at radius 1 is 1.55 bits per heavy atom. The molecule has 0 bridgehead atoms. The number of carbonyl (C=O) groups is 1. The van der Waals surface area contributed by atoms with Crippen molar-refractivity contribution in [1.29, 1.82) is 0 Å². The van der Waals surface area contributed by atoms with Crippen LogP contribution in [0.1, 0.15) is 19.3 Å².